The SMILES string of the molecule is CN(C)c1ccc(C=CC(=O)CC(=O)C=Cc2ccc(O)cc2)c([N+](=O)[O-])c1. The maximum atomic E-state index is 12.0. The van der Waals surface area contributed by atoms with Gasteiger partial charge in [0.05, 0.1) is 16.9 Å². The van der Waals surface area contributed by atoms with Gasteiger partial charge in [0.1, 0.15) is 5.75 Å². The lowest BCUT2D eigenvalue weighted by molar-refractivity contribution is -0.385. The Morgan fingerprint density at radius 1 is 1.04 bits per heavy atom. The van der Waals surface area contributed by atoms with Crippen molar-refractivity contribution in [1.29, 1.82) is 0 Å². The largest absolute Gasteiger partial charge is 0.508 e. The third-order valence-electron chi connectivity index (χ3n) is 3.88. The number of hydrogen-bond acceptors (Lipinski definition) is 6. The van der Waals surface area contributed by atoms with Gasteiger partial charge in [-0.25, -0.2) is 0 Å². The highest BCUT2D eigenvalue weighted by Gasteiger charge is 2.14. The molecular weight excluding hydrogens is 360 g/mol. The fourth-order valence-corrected chi connectivity index (χ4v) is 2.36. The fraction of sp³-hybridized carbons (Fsp3) is 0.143. The van der Waals surface area contributed by atoms with E-state index in [4.69, 9.17) is 0 Å². The Kier molecular flexibility index (Phi) is 6.81. The third-order valence-corrected chi connectivity index (χ3v) is 3.88. The molecule has 0 saturated carbocycles. The van der Waals surface area contributed by atoms with E-state index in [2.05, 4.69) is 0 Å². The number of carbonyl (C=O) groups is 2. The number of hydrogen-bond donors (Lipinski definition) is 1. The molecule has 1 N–H and O–H groups in total. The van der Waals surface area contributed by atoms with E-state index in [0.717, 1.165) is 0 Å². The van der Waals surface area contributed by atoms with Gasteiger partial charge in [-0.1, -0.05) is 18.2 Å². The molecule has 7 nitrogen and oxygen atoms in total. The zero-order valence-electron chi connectivity index (χ0n) is 15.5. The number of nitro groups is 1. The Balaban J connectivity index is 2.04. The van der Waals surface area contributed by atoms with Gasteiger partial charge in [-0.05, 0) is 48.1 Å². The van der Waals surface area contributed by atoms with Crippen molar-refractivity contribution >= 4 is 35.1 Å². The lowest BCUT2D eigenvalue weighted by Crippen LogP contribution is -2.09. The molecule has 0 radical (unpaired) electrons. The number of benzene rings is 2. The number of rotatable bonds is 8. The van der Waals surface area contributed by atoms with Crippen LogP contribution >= 0.6 is 0 Å². The summed E-state index contributed by atoms with van der Waals surface area (Å²) in [7, 11) is 3.55. The molecule has 0 aliphatic rings. The van der Waals surface area contributed by atoms with Gasteiger partial charge in [0.25, 0.3) is 5.69 Å². The van der Waals surface area contributed by atoms with E-state index in [1.54, 1.807) is 49.3 Å². The highest BCUT2D eigenvalue weighted by molar-refractivity contribution is 6.11. The van der Waals surface area contributed by atoms with E-state index >= 15 is 0 Å². The van der Waals surface area contributed by atoms with E-state index in [1.165, 1.54) is 36.4 Å². The van der Waals surface area contributed by atoms with Crippen LogP contribution in [0.25, 0.3) is 12.2 Å². The second kappa shape index (κ2) is 9.27. The quantitative estimate of drug-likeness (QED) is 0.325. The standard InChI is InChI=1S/C21H20N2O5/c1-22(2)17-8-6-16(21(13-17)23(27)28)7-12-20(26)14-19(25)11-5-15-3-9-18(24)10-4-15/h3-13,24H,14H2,1-2H3. The molecule has 0 spiro atoms. The van der Waals surface area contributed by atoms with Crippen LogP contribution in [0.3, 0.4) is 0 Å². The molecule has 2 aromatic carbocycles. The molecule has 0 heterocycles. The highest BCUT2D eigenvalue weighted by atomic mass is 16.6. The van der Waals surface area contributed by atoms with Crippen LogP contribution < -0.4 is 4.90 Å². The fourth-order valence-electron chi connectivity index (χ4n) is 2.36. The van der Waals surface area contributed by atoms with Gasteiger partial charge < -0.3 is 10.0 Å². The van der Waals surface area contributed by atoms with Crippen LogP contribution in [0.2, 0.25) is 0 Å². The van der Waals surface area contributed by atoms with Crippen LogP contribution in [0, 0.1) is 10.1 Å². The van der Waals surface area contributed by atoms with Crippen LogP contribution in [0.15, 0.2) is 54.6 Å². The molecule has 28 heavy (non-hydrogen) atoms. The van der Waals surface area contributed by atoms with E-state index in [-0.39, 0.29) is 29.2 Å². The second-order valence-corrected chi connectivity index (χ2v) is 6.26. The zero-order valence-corrected chi connectivity index (χ0v) is 15.5. The van der Waals surface area contributed by atoms with Crippen molar-refractivity contribution in [3.05, 3.63) is 75.9 Å². The van der Waals surface area contributed by atoms with Crippen molar-refractivity contribution in [3.8, 4) is 5.75 Å². The van der Waals surface area contributed by atoms with Crippen molar-refractivity contribution in [2.75, 3.05) is 19.0 Å². The summed E-state index contributed by atoms with van der Waals surface area (Å²) in [5, 5.41) is 20.5. The summed E-state index contributed by atoms with van der Waals surface area (Å²) < 4.78 is 0. The molecule has 7 heteroatoms. The molecule has 0 unspecified atom stereocenters. The second-order valence-electron chi connectivity index (χ2n) is 6.26. The lowest BCUT2D eigenvalue weighted by Gasteiger charge is -2.12. The first-order valence-electron chi connectivity index (χ1n) is 8.43. The first kappa shape index (κ1) is 20.6. The summed E-state index contributed by atoms with van der Waals surface area (Å²) in [4.78, 5) is 36.4. The van der Waals surface area contributed by atoms with Crippen molar-refractivity contribution in [2.45, 2.75) is 6.42 Å². The van der Waals surface area contributed by atoms with Crippen LogP contribution in [-0.2, 0) is 9.59 Å². The number of allylic oxidation sites excluding steroid dienone is 2. The minimum atomic E-state index is -0.511. The predicted molar refractivity (Wildman–Crippen MR) is 108 cm³/mol. The van der Waals surface area contributed by atoms with Gasteiger partial charge in [-0.3, -0.25) is 19.7 Å². The van der Waals surface area contributed by atoms with Gasteiger partial charge >= 0.3 is 0 Å². The Hall–Kier alpha value is -3.74. The van der Waals surface area contributed by atoms with Crippen molar-refractivity contribution in [2.24, 2.45) is 0 Å². The van der Waals surface area contributed by atoms with Crippen molar-refractivity contribution in [1.82, 2.24) is 0 Å². The summed E-state index contributed by atoms with van der Waals surface area (Å²) in [6, 6.07) is 11.0. The molecule has 0 saturated heterocycles. The van der Waals surface area contributed by atoms with Crippen LogP contribution in [0.4, 0.5) is 11.4 Å². The summed E-state index contributed by atoms with van der Waals surface area (Å²) in [5.74, 6) is -0.719. The summed E-state index contributed by atoms with van der Waals surface area (Å²) in [5.41, 5.74) is 1.56. The molecule has 0 aromatic heterocycles. The normalized spacial score (nSPS) is 11.1. The molecule has 144 valence electrons. The number of carbonyl (C=O) groups excluding carboxylic acids is 2. The first-order valence-corrected chi connectivity index (χ1v) is 8.43. The maximum Gasteiger partial charge on any atom is 0.278 e. The molecule has 0 amide bonds. The van der Waals surface area contributed by atoms with Gasteiger partial charge in [-0.15, -0.1) is 0 Å². The number of aromatic hydroxyl groups is 1. The number of nitrogens with zero attached hydrogens (tertiary/aromatic N) is 2. The van der Waals surface area contributed by atoms with Gasteiger partial charge in [0.15, 0.2) is 11.6 Å². The molecule has 0 atom stereocenters. The van der Waals surface area contributed by atoms with E-state index in [9.17, 15) is 24.8 Å². The first-order chi connectivity index (χ1) is 13.3. The predicted octanol–water partition coefficient (Wildman–Crippen LogP) is 3.62. The van der Waals surface area contributed by atoms with Crippen LogP contribution in [0.5, 0.6) is 5.75 Å². The molecule has 2 rings (SSSR count). The smallest absolute Gasteiger partial charge is 0.278 e. The van der Waals surface area contributed by atoms with Crippen molar-refractivity contribution in [3.63, 3.8) is 0 Å². The molecule has 0 fully saturated rings. The molecular formula is C21H20N2O5. The van der Waals surface area contributed by atoms with Gasteiger partial charge in [0, 0.05) is 25.8 Å². The van der Waals surface area contributed by atoms with Crippen LogP contribution in [-0.4, -0.2) is 35.7 Å². The van der Waals surface area contributed by atoms with Gasteiger partial charge in [-0.2, -0.15) is 0 Å². The summed E-state index contributed by atoms with van der Waals surface area (Å²) >= 11 is 0. The van der Waals surface area contributed by atoms with E-state index in [1.807, 2.05) is 0 Å². The maximum absolute atomic E-state index is 12.0. The number of phenols is 1. The van der Waals surface area contributed by atoms with E-state index < -0.39 is 10.7 Å². The average molecular weight is 380 g/mol. The summed E-state index contributed by atoms with van der Waals surface area (Å²) in [6.07, 6.45) is 5.01. The number of anilines is 1. The zero-order chi connectivity index (χ0) is 20.7. The Labute approximate surface area is 162 Å². The van der Waals surface area contributed by atoms with Gasteiger partial charge in [0.2, 0.25) is 0 Å². The lowest BCUT2D eigenvalue weighted by atomic mass is 10.1. The number of ketones is 2. The van der Waals surface area contributed by atoms with Crippen molar-refractivity contribution < 1.29 is 19.6 Å². The van der Waals surface area contributed by atoms with Crippen LogP contribution in [0.1, 0.15) is 17.5 Å². The molecule has 0 aliphatic heterocycles. The Morgan fingerprint density at radius 3 is 2.21 bits per heavy atom. The molecule has 2 aromatic rings. The number of phenolic OH excluding ortho intramolecular Hbond substituents is 1. The average Bonchev–Trinajstić information content (AvgIpc) is 2.65. The monoisotopic (exact) mass is 380 g/mol. The third kappa shape index (κ3) is 5.91. The molecule has 0 bridgehead atoms. The topological polar surface area (TPSA) is 101 Å². The van der Waals surface area contributed by atoms with E-state index in [0.29, 0.717) is 11.3 Å². The molecule has 0 aliphatic carbocycles. The Morgan fingerprint density at radius 2 is 1.64 bits per heavy atom. The Bertz CT molecular complexity index is 944. The minimum Gasteiger partial charge on any atom is -0.508 e. The summed E-state index contributed by atoms with van der Waals surface area (Å²) in [6.45, 7) is 0. The number of nitro benzene ring substituents is 1. The highest BCUT2D eigenvalue weighted by Crippen LogP contribution is 2.25. The minimum absolute atomic E-state index is 0.117.